The molecule has 0 aromatic rings. The zero-order valence-electron chi connectivity index (χ0n) is 21.0. The Kier molecular flexibility index (Phi) is 10.6. The monoisotopic (exact) mass is 484 g/mol. The third kappa shape index (κ3) is 9.13. The molecule has 10 nitrogen and oxygen atoms in total. The molecule has 2 aliphatic heterocycles. The Morgan fingerprint density at radius 3 is 2.44 bits per heavy atom. The highest BCUT2D eigenvalue weighted by molar-refractivity contribution is 5.86. The number of hydrogen-bond acceptors (Lipinski definition) is 8. The van der Waals surface area contributed by atoms with Gasteiger partial charge in [-0.05, 0) is 31.1 Å². The van der Waals surface area contributed by atoms with Crippen molar-refractivity contribution in [3.8, 4) is 0 Å². The van der Waals surface area contributed by atoms with Crippen molar-refractivity contribution in [3.05, 3.63) is 12.2 Å². The molecular weight excluding hydrogens is 444 g/mol. The van der Waals surface area contributed by atoms with Crippen molar-refractivity contribution in [1.29, 1.82) is 0 Å². The van der Waals surface area contributed by atoms with Gasteiger partial charge in [0.1, 0.15) is 19.3 Å². The molecular formula is C24H40N2O8. The summed E-state index contributed by atoms with van der Waals surface area (Å²) in [4.78, 5) is 35.3. The number of carbonyl (C=O) groups is 3. The molecule has 2 heterocycles. The minimum atomic E-state index is -0.560. The first-order chi connectivity index (χ1) is 16.0. The first-order valence-corrected chi connectivity index (χ1v) is 11.9. The summed E-state index contributed by atoms with van der Waals surface area (Å²) >= 11 is 0. The van der Waals surface area contributed by atoms with E-state index in [4.69, 9.17) is 23.7 Å². The van der Waals surface area contributed by atoms with E-state index in [0.717, 1.165) is 12.8 Å². The van der Waals surface area contributed by atoms with Crippen molar-refractivity contribution in [3.63, 3.8) is 0 Å². The zero-order chi connectivity index (χ0) is 25.3. The van der Waals surface area contributed by atoms with E-state index in [0.29, 0.717) is 43.7 Å². The number of amides is 2. The molecule has 0 radical (unpaired) electrons. The second-order valence-electron chi connectivity index (χ2n) is 10.1. The maximum atomic E-state index is 12.2. The molecule has 2 rings (SSSR count). The SMILES string of the molecule is C=C(C)C(=O)OCCOC(=O)NCC(C)(C)CC(C)CCNC(=O)O[C@@H]1CO[C@H]2[C@@H]1OC[C@@H]2C. The van der Waals surface area contributed by atoms with Crippen molar-refractivity contribution < 1.29 is 38.1 Å². The number of esters is 1. The van der Waals surface area contributed by atoms with E-state index in [1.165, 1.54) is 0 Å². The van der Waals surface area contributed by atoms with E-state index in [2.05, 4.69) is 44.9 Å². The van der Waals surface area contributed by atoms with Gasteiger partial charge in [-0.3, -0.25) is 0 Å². The molecule has 0 aromatic heterocycles. The molecule has 2 aliphatic rings. The van der Waals surface area contributed by atoms with Gasteiger partial charge >= 0.3 is 18.2 Å². The van der Waals surface area contributed by atoms with Crippen LogP contribution in [0, 0.1) is 17.3 Å². The Balaban J connectivity index is 1.56. The average molecular weight is 485 g/mol. The normalized spacial score (nSPS) is 24.6. The van der Waals surface area contributed by atoms with Crippen LogP contribution in [-0.4, -0.2) is 76.0 Å². The lowest BCUT2D eigenvalue weighted by atomic mass is 9.82. The second kappa shape index (κ2) is 12.9. The molecule has 2 N–H and O–H groups in total. The highest BCUT2D eigenvalue weighted by Gasteiger charge is 2.47. The van der Waals surface area contributed by atoms with Crippen LogP contribution in [0.1, 0.15) is 47.5 Å². The lowest BCUT2D eigenvalue weighted by Gasteiger charge is -2.28. The Labute approximate surface area is 202 Å². The summed E-state index contributed by atoms with van der Waals surface area (Å²) in [5, 5.41) is 5.55. The van der Waals surface area contributed by atoms with Gasteiger partial charge in [0.15, 0.2) is 6.10 Å². The van der Waals surface area contributed by atoms with Crippen molar-refractivity contribution in [2.45, 2.75) is 65.8 Å². The molecule has 2 saturated heterocycles. The average Bonchev–Trinajstić information content (AvgIpc) is 3.32. The van der Waals surface area contributed by atoms with Gasteiger partial charge in [-0.2, -0.15) is 0 Å². The topological polar surface area (TPSA) is 121 Å². The maximum absolute atomic E-state index is 12.2. The Morgan fingerprint density at radius 1 is 1.06 bits per heavy atom. The summed E-state index contributed by atoms with van der Waals surface area (Å²) in [6.07, 6.45) is 0.0630. The van der Waals surface area contributed by atoms with Gasteiger partial charge in [0.2, 0.25) is 0 Å². The maximum Gasteiger partial charge on any atom is 0.407 e. The van der Waals surface area contributed by atoms with Crippen molar-refractivity contribution in [2.75, 3.05) is 39.5 Å². The number of rotatable bonds is 12. The minimum Gasteiger partial charge on any atom is -0.459 e. The Bertz CT molecular complexity index is 726. The van der Waals surface area contributed by atoms with Crippen LogP contribution < -0.4 is 10.6 Å². The Morgan fingerprint density at radius 2 is 1.74 bits per heavy atom. The highest BCUT2D eigenvalue weighted by Crippen LogP contribution is 2.32. The highest BCUT2D eigenvalue weighted by atomic mass is 16.6. The lowest BCUT2D eigenvalue weighted by Crippen LogP contribution is -2.38. The third-order valence-corrected chi connectivity index (χ3v) is 5.93. The quantitative estimate of drug-likeness (QED) is 0.188. The van der Waals surface area contributed by atoms with Gasteiger partial charge in [-0.1, -0.05) is 34.3 Å². The van der Waals surface area contributed by atoms with Gasteiger partial charge in [0.25, 0.3) is 0 Å². The van der Waals surface area contributed by atoms with Crippen LogP contribution in [-0.2, 0) is 28.5 Å². The number of hydrogen-bond donors (Lipinski definition) is 2. The van der Waals surface area contributed by atoms with E-state index in [-0.39, 0.29) is 36.9 Å². The molecule has 34 heavy (non-hydrogen) atoms. The first kappa shape index (κ1) is 27.9. The summed E-state index contributed by atoms with van der Waals surface area (Å²) in [7, 11) is 0. The molecule has 0 aliphatic carbocycles. The molecule has 5 atom stereocenters. The predicted octanol–water partition coefficient (Wildman–Crippen LogP) is 2.80. The van der Waals surface area contributed by atoms with Gasteiger partial charge < -0.3 is 34.3 Å². The van der Waals surface area contributed by atoms with Crippen LogP contribution in [0.25, 0.3) is 0 Å². The number of ether oxygens (including phenoxy) is 5. The van der Waals surface area contributed by atoms with Crippen LogP contribution in [0.5, 0.6) is 0 Å². The summed E-state index contributed by atoms with van der Waals surface area (Å²) in [5.41, 5.74) is 0.125. The molecule has 194 valence electrons. The zero-order valence-corrected chi connectivity index (χ0v) is 21.0. The molecule has 2 fully saturated rings. The van der Waals surface area contributed by atoms with Gasteiger partial charge in [-0.25, -0.2) is 14.4 Å². The number of nitrogens with one attached hydrogen (secondary N) is 2. The minimum absolute atomic E-state index is 0.00463. The van der Waals surface area contributed by atoms with E-state index in [1.807, 2.05) is 0 Å². The largest absolute Gasteiger partial charge is 0.459 e. The summed E-state index contributed by atoms with van der Waals surface area (Å²) in [6, 6.07) is 0. The third-order valence-electron chi connectivity index (χ3n) is 5.93. The summed E-state index contributed by atoms with van der Waals surface area (Å²) < 4.78 is 26.8. The molecule has 0 aromatic carbocycles. The summed E-state index contributed by atoms with van der Waals surface area (Å²) in [6.45, 7) is 15.2. The Hall–Kier alpha value is -2.33. The molecule has 2 amide bonds. The van der Waals surface area contributed by atoms with Crippen molar-refractivity contribution >= 4 is 18.2 Å². The van der Waals surface area contributed by atoms with Crippen LogP contribution in [0.3, 0.4) is 0 Å². The standard InChI is InChI=1S/C24H40N2O8/c1-15(2)21(27)30-9-10-31-22(28)26-14-24(5,6)11-16(3)7-8-25-23(29)34-18-13-33-19-17(4)12-32-20(18)19/h16-20H,1,7-14H2,2-6H3,(H,25,29)(H,26,28)/t16?,17-,18+,19+,20+/m0/s1. The number of alkyl carbamates (subject to hydrolysis) is 2. The first-order valence-electron chi connectivity index (χ1n) is 11.9. The second-order valence-corrected chi connectivity index (χ2v) is 10.1. The van der Waals surface area contributed by atoms with Crippen LogP contribution in [0.15, 0.2) is 12.2 Å². The predicted molar refractivity (Wildman–Crippen MR) is 124 cm³/mol. The molecule has 0 bridgehead atoms. The van der Waals surface area contributed by atoms with Crippen LogP contribution in [0.2, 0.25) is 0 Å². The van der Waals surface area contributed by atoms with Gasteiger partial charge in [-0.15, -0.1) is 0 Å². The van der Waals surface area contributed by atoms with Gasteiger partial charge in [0, 0.05) is 24.6 Å². The summed E-state index contributed by atoms with van der Waals surface area (Å²) in [5.74, 6) is 0.113. The fraction of sp³-hybridized carbons (Fsp3) is 0.792. The van der Waals surface area contributed by atoms with Crippen molar-refractivity contribution in [1.82, 2.24) is 10.6 Å². The number of fused-ring (bicyclic) bond motifs is 1. The fourth-order valence-electron chi connectivity index (χ4n) is 4.23. The molecule has 10 heteroatoms. The van der Waals surface area contributed by atoms with E-state index in [9.17, 15) is 14.4 Å². The van der Waals surface area contributed by atoms with Crippen molar-refractivity contribution in [2.24, 2.45) is 17.3 Å². The number of carbonyl (C=O) groups excluding carboxylic acids is 3. The van der Waals surface area contributed by atoms with Crippen LogP contribution in [0.4, 0.5) is 9.59 Å². The van der Waals surface area contributed by atoms with E-state index < -0.39 is 18.2 Å². The fourth-order valence-corrected chi connectivity index (χ4v) is 4.23. The van der Waals surface area contributed by atoms with Crippen LogP contribution >= 0.6 is 0 Å². The molecule has 1 unspecified atom stereocenters. The van der Waals surface area contributed by atoms with E-state index in [1.54, 1.807) is 6.92 Å². The van der Waals surface area contributed by atoms with Gasteiger partial charge in [0.05, 0.1) is 19.3 Å². The van der Waals surface area contributed by atoms with E-state index >= 15 is 0 Å². The molecule has 0 saturated carbocycles. The smallest absolute Gasteiger partial charge is 0.407 e. The molecule has 0 spiro atoms. The lowest BCUT2D eigenvalue weighted by molar-refractivity contribution is -0.139.